The highest BCUT2D eigenvalue weighted by atomic mass is 32.2. The molecular weight excluding hydrogens is 270 g/mol. The van der Waals surface area contributed by atoms with Crippen molar-refractivity contribution in [2.75, 3.05) is 11.6 Å². The Labute approximate surface area is 122 Å². The molecule has 0 saturated heterocycles. The lowest BCUT2D eigenvalue weighted by molar-refractivity contribution is 0.102. The molecule has 0 unspecified atom stereocenters. The first-order valence-corrected chi connectivity index (χ1v) is 7.78. The van der Waals surface area contributed by atoms with Gasteiger partial charge in [-0.3, -0.25) is 4.79 Å². The minimum Gasteiger partial charge on any atom is -0.306 e. The molecule has 102 valence electrons. The third-order valence-electron chi connectivity index (χ3n) is 3.46. The number of thioether (sulfide) groups is 1. The van der Waals surface area contributed by atoms with Crippen molar-refractivity contribution in [3.05, 3.63) is 47.4 Å². The highest BCUT2D eigenvalue weighted by molar-refractivity contribution is 7.98. The highest BCUT2D eigenvalue weighted by Gasteiger charge is 2.18. The van der Waals surface area contributed by atoms with E-state index in [1.165, 1.54) is 6.33 Å². The number of hydrogen-bond acceptors (Lipinski definition) is 4. The number of carbonyl (C=O) groups is 1. The molecule has 1 heterocycles. The molecule has 0 radical (unpaired) electrons. The van der Waals surface area contributed by atoms with Crippen LogP contribution in [0.25, 0.3) is 0 Å². The third kappa shape index (κ3) is 2.54. The molecule has 4 nitrogen and oxygen atoms in total. The Morgan fingerprint density at radius 3 is 2.75 bits per heavy atom. The lowest BCUT2D eigenvalue weighted by atomic mass is 10.2. The Morgan fingerprint density at radius 2 is 2.00 bits per heavy atom. The van der Waals surface area contributed by atoms with Gasteiger partial charge in [-0.15, -0.1) is 11.8 Å². The topological polar surface area (TPSA) is 54.9 Å². The smallest absolute Gasteiger partial charge is 0.256 e. The Hall–Kier alpha value is -1.88. The van der Waals surface area contributed by atoms with Crippen molar-refractivity contribution in [3.63, 3.8) is 0 Å². The predicted octanol–water partition coefficient (Wildman–Crippen LogP) is 2.94. The Bertz CT molecular complexity index is 640. The van der Waals surface area contributed by atoms with Crippen LogP contribution in [0, 0.1) is 0 Å². The molecule has 0 aliphatic heterocycles. The maximum Gasteiger partial charge on any atom is 0.256 e. The summed E-state index contributed by atoms with van der Waals surface area (Å²) in [6, 6.07) is 7.57. The van der Waals surface area contributed by atoms with Gasteiger partial charge in [-0.25, -0.2) is 9.97 Å². The third-order valence-corrected chi connectivity index (χ3v) is 4.20. The molecule has 5 heteroatoms. The van der Waals surface area contributed by atoms with Crippen molar-refractivity contribution >= 4 is 23.5 Å². The van der Waals surface area contributed by atoms with Crippen LogP contribution in [0.15, 0.2) is 35.5 Å². The molecule has 1 aromatic carbocycles. The average molecular weight is 285 g/mol. The van der Waals surface area contributed by atoms with E-state index in [0.717, 1.165) is 35.4 Å². The Balaban J connectivity index is 1.80. The first-order chi connectivity index (χ1) is 9.78. The number of hydrogen-bond donors (Lipinski definition) is 1. The van der Waals surface area contributed by atoms with Crippen LogP contribution in [-0.2, 0) is 12.8 Å². The van der Waals surface area contributed by atoms with E-state index in [1.807, 2.05) is 30.5 Å². The van der Waals surface area contributed by atoms with E-state index in [-0.39, 0.29) is 5.91 Å². The van der Waals surface area contributed by atoms with Gasteiger partial charge in [-0.2, -0.15) is 0 Å². The summed E-state index contributed by atoms with van der Waals surface area (Å²) in [5, 5.41) is 2.90. The molecule has 0 atom stereocenters. The summed E-state index contributed by atoms with van der Waals surface area (Å²) in [5.74, 6) is 0.539. The normalized spacial score (nSPS) is 13.1. The van der Waals surface area contributed by atoms with Crippen molar-refractivity contribution in [3.8, 4) is 0 Å². The van der Waals surface area contributed by atoms with Gasteiger partial charge in [-0.1, -0.05) is 0 Å². The molecule has 0 saturated carbocycles. The van der Waals surface area contributed by atoms with Gasteiger partial charge < -0.3 is 5.32 Å². The zero-order chi connectivity index (χ0) is 13.9. The molecule has 2 aromatic rings. The second-order valence-electron chi connectivity index (χ2n) is 4.68. The zero-order valence-electron chi connectivity index (χ0n) is 11.2. The van der Waals surface area contributed by atoms with E-state index in [2.05, 4.69) is 15.3 Å². The van der Waals surface area contributed by atoms with E-state index < -0.39 is 0 Å². The minimum atomic E-state index is -0.120. The van der Waals surface area contributed by atoms with Crippen LogP contribution in [-0.4, -0.2) is 22.1 Å². The van der Waals surface area contributed by atoms with Gasteiger partial charge in [-0.05, 0) is 49.8 Å². The molecule has 1 amide bonds. The first kappa shape index (κ1) is 13.1. The van der Waals surface area contributed by atoms with Crippen molar-refractivity contribution in [1.82, 2.24) is 9.97 Å². The molecule has 1 N–H and O–H groups in total. The van der Waals surface area contributed by atoms with Crippen molar-refractivity contribution < 1.29 is 4.79 Å². The van der Waals surface area contributed by atoms with E-state index in [1.54, 1.807) is 11.8 Å². The van der Waals surface area contributed by atoms with Gasteiger partial charge in [0.15, 0.2) is 0 Å². The van der Waals surface area contributed by atoms with Crippen LogP contribution < -0.4 is 5.32 Å². The fraction of sp³-hybridized carbons (Fsp3) is 0.267. The standard InChI is InChI=1S/C15H15N3OS/c1-20-11-7-5-10(6-8-11)15(19)18-14-12-3-2-4-13(12)16-9-17-14/h5-9H,2-4H2,1H3,(H,16,17,18,19). The number of amides is 1. The van der Waals surface area contributed by atoms with E-state index >= 15 is 0 Å². The van der Waals surface area contributed by atoms with Crippen molar-refractivity contribution in [2.45, 2.75) is 24.2 Å². The quantitative estimate of drug-likeness (QED) is 0.881. The zero-order valence-corrected chi connectivity index (χ0v) is 12.0. The number of aryl methyl sites for hydroxylation is 1. The number of nitrogens with one attached hydrogen (secondary N) is 1. The number of anilines is 1. The summed E-state index contributed by atoms with van der Waals surface area (Å²) in [5.41, 5.74) is 2.79. The molecule has 0 spiro atoms. The number of rotatable bonds is 3. The second kappa shape index (κ2) is 5.63. The van der Waals surface area contributed by atoms with Crippen LogP contribution in [0.4, 0.5) is 5.82 Å². The minimum absolute atomic E-state index is 0.120. The molecule has 1 aromatic heterocycles. The molecule has 20 heavy (non-hydrogen) atoms. The number of fused-ring (bicyclic) bond motifs is 1. The molecule has 3 rings (SSSR count). The van der Waals surface area contributed by atoms with Gasteiger partial charge in [0.05, 0.1) is 0 Å². The Kier molecular flexibility index (Phi) is 3.69. The van der Waals surface area contributed by atoms with Crippen molar-refractivity contribution in [1.29, 1.82) is 0 Å². The summed E-state index contributed by atoms with van der Waals surface area (Å²) < 4.78 is 0. The first-order valence-electron chi connectivity index (χ1n) is 6.56. The fourth-order valence-electron chi connectivity index (χ4n) is 2.39. The molecule has 1 aliphatic rings. The molecular formula is C15H15N3OS. The summed E-state index contributed by atoms with van der Waals surface area (Å²) >= 11 is 1.66. The summed E-state index contributed by atoms with van der Waals surface area (Å²) in [6.07, 6.45) is 6.54. The van der Waals surface area contributed by atoms with Crippen LogP contribution in [0.1, 0.15) is 28.0 Å². The van der Waals surface area contributed by atoms with Gasteiger partial charge in [0.1, 0.15) is 12.1 Å². The largest absolute Gasteiger partial charge is 0.306 e. The van der Waals surface area contributed by atoms with E-state index in [0.29, 0.717) is 11.4 Å². The lowest BCUT2D eigenvalue weighted by Crippen LogP contribution is -2.14. The van der Waals surface area contributed by atoms with E-state index in [4.69, 9.17) is 0 Å². The summed E-state index contributed by atoms with van der Waals surface area (Å²) in [6.45, 7) is 0. The second-order valence-corrected chi connectivity index (χ2v) is 5.56. The molecule has 1 aliphatic carbocycles. The van der Waals surface area contributed by atoms with Crippen molar-refractivity contribution in [2.24, 2.45) is 0 Å². The maximum absolute atomic E-state index is 12.2. The number of benzene rings is 1. The summed E-state index contributed by atoms with van der Waals surface area (Å²) in [7, 11) is 0. The maximum atomic E-state index is 12.2. The van der Waals surface area contributed by atoms with Crippen LogP contribution in [0.3, 0.4) is 0 Å². The number of nitrogens with zero attached hydrogens (tertiary/aromatic N) is 2. The fourth-order valence-corrected chi connectivity index (χ4v) is 2.80. The molecule has 0 fully saturated rings. The van der Waals surface area contributed by atoms with Crippen LogP contribution in [0.2, 0.25) is 0 Å². The lowest BCUT2D eigenvalue weighted by Gasteiger charge is -2.08. The van der Waals surface area contributed by atoms with E-state index in [9.17, 15) is 4.79 Å². The predicted molar refractivity (Wildman–Crippen MR) is 80.2 cm³/mol. The van der Waals surface area contributed by atoms with Gasteiger partial charge >= 0.3 is 0 Å². The van der Waals surface area contributed by atoms with Crippen LogP contribution >= 0.6 is 11.8 Å². The average Bonchev–Trinajstić information content (AvgIpc) is 2.97. The van der Waals surface area contributed by atoms with Gasteiger partial charge in [0, 0.05) is 21.7 Å². The Morgan fingerprint density at radius 1 is 1.20 bits per heavy atom. The summed E-state index contributed by atoms with van der Waals surface area (Å²) in [4.78, 5) is 21.8. The molecule has 0 bridgehead atoms. The van der Waals surface area contributed by atoms with Gasteiger partial charge in [0.2, 0.25) is 0 Å². The number of carbonyl (C=O) groups excluding carboxylic acids is 1. The highest BCUT2D eigenvalue weighted by Crippen LogP contribution is 2.25. The SMILES string of the molecule is CSc1ccc(C(=O)Nc2ncnc3c2CCC3)cc1. The van der Waals surface area contributed by atoms with Gasteiger partial charge in [0.25, 0.3) is 5.91 Å². The monoisotopic (exact) mass is 285 g/mol. The number of aromatic nitrogens is 2. The van der Waals surface area contributed by atoms with Crippen LogP contribution in [0.5, 0.6) is 0 Å².